The summed E-state index contributed by atoms with van der Waals surface area (Å²) in [7, 11) is 3.47. The largest absolute Gasteiger partial charge is 0.345 e. The van der Waals surface area contributed by atoms with E-state index in [-0.39, 0.29) is 5.91 Å². The minimum absolute atomic E-state index is 0.0305. The van der Waals surface area contributed by atoms with Crippen LogP contribution in [0.3, 0.4) is 0 Å². The molecule has 0 aromatic carbocycles. The van der Waals surface area contributed by atoms with Crippen LogP contribution in [0.15, 0.2) is 12.2 Å². The Morgan fingerprint density at radius 1 is 1.55 bits per heavy atom. The van der Waals surface area contributed by atoms with Crippen molar-refractivity contribution in [1.29, 1.82) is 0 Å². The zero-order valence-corrected chi connectivity index (χ0v) is 7.42. The number of hydrogen-bond acceptors (Lipinski definition) is 2. The van der Waals surface area contributed by atoms with Crippen molar-refractivity contribution >= 4 is 5.91 Å². The van der Waals surface area contributed by atoms with E-state index in [0.29, 0.717) is 0 Å². The Morgan fingerprint density at radius 2 is 2.18 bits per heavy atom. The highest BCUT2D eigenvalue weighted by Gasteiger charge is 1.94. The summed E-state index contributed by atoms with van der Waals surface area (Å²) >= 11 is 0. The molecule has 0 aliphatic heterocycles. The van der Waals surface area contributed by atoms with Gasteiger partial charge >= 0.3 is 0 Å². The van der Waals surface area contributed by atoms with Crippen LogP contribution in [0.5, 0.6) is 0 Å². The molecule has 3 heteroatoms. The van der Waals surface area contributed by atoms with Crippen LogP contribution in [0.1, 0.15) is 6.92 Å². The molecule has 0 atom stereocenters. The SMILES string of the molecule is CCNC/C=C/C(=O)N(C)C. The third-order valence-electron chi connectivity index (χ3n) is 1.21. The van der Waals surface area contributed by atoms with Crippen molar-refractivity contribution in [2.75, 3.05) is 27.2 Å². The highest BCUT2D eigenvalue weighted by molar-refractivity contribution is 5.87. The zero-order chi connectivity index (χ0) is 8.69. The molecule has 11 heavy (non-hydrogen) atoms. The average Bonchev–Trinajstić information content (AvgIpc) is 1.97. The lowest BCUT2D eigenvalue weighted by molar-refractivity contribution is -0.123. The molecule has 0 unspecified atom stereocenters. The van der Waals surface area contributed by atoms with Crippen LogP contribution in [0, 0.1) is 0 Å². The van der Waals surface area contributed by atoms with Crippen molar-refractivity contribution in [3.05, 3.63) is 12.2 Å². The first-order valence-electron chi connectivity index (χ1n) is 3.77. The topological polar surface area (TPSA) is 32.3 Å². The highest BCUT2D eigenvalue weighted by Crippen LogP contribution is 1.80. The van der Waals surface area contributed by atoms with Crippen molar-refractivity contribution < 1.29 is 4.79 Å². The fraction of sp³-hybridized carbons (Fsp3) is 0.625. The molecule has 1 amide bonds. The van der Waals surface area contributed by atoms with Gasteiger partial charge in [0.25, 0.3) is 0 Å². The van der Waals surface area contributed by atoms with Crippen LogP contribution in [0.4, 0.5) is 0 Å². The average molecular weight is 156 g/mol. The van der Waals surface area contributed by atoms with Crippen LogP contribution in [0.2, 0.25) is 0 Å². The molecule has 0 aliphatic rings. The number of carbonyl (C=O) groups excluding carboxylic acids is 1. The van der Waals surface area contributed by atoms with E-state index in [4.69, 9.17) is 0 Å². The first-order valence-corrected chi connectivity index (χ1v) is 3.77. The quantitative estimate of drug-likeness (QED) is 0.467. The third kappa shape index (κ3) is 5.61. The Hall–Kier alpha value is -0.830. The molecule has 0 aliphatic carbocycles. The minimum Gasteiger partial charge on any atom is -0.345 e. The van der Waals surface area contributed by atoms with E-state index in [2.05, 4.69) is 5.32 Å². The molecule has 0 aromatic heterocycles. The summed E-state index contributed by atoms with van der Waals surface area (Å²) < 4.78 is 0. The van der Waals surface area contributed by atoms with Crippen LogP contribution < -0.4 is 5.32 Å². The first-order chi connectivity index (χ1) is 5.18. The van der Waals surface area contributed by atoms with E-state index in [1.54, 1.807) is 25.1 Å². The number of nitrogens with zero attached hydrogens (tertiary/aromatic N) is 1. The summed E-state index contributed by atoms with van der Waals surface area (Å²) in [5.41, 5.74) is 0. The number of carbonyl (C=O) groups is 1. The van der Waals surface area contributed by atoms with Gasteiger partial charge in [-0.05, 0) is 6.54 Å². The number of hydrogen-bond donors (Lipinski definition) is 1. The maximum absolute atomic E-state index is 10.9. The molecule has 0 bridgehead atoms. The Morgan fingerprint density at radius 3 is 2.64 bits per heavy atom. The van der Waals surface area contributed by atoms with Gasteiger partial charge in [-0.2, -0.15) is 0 Å². The van der Waals surface area contributed by atoms with E-state index in [1.807, 2.05) is 13.0 Å². The summed E-state index contributed by atoms with van der Waals surface area (Å²) in [5, 5.41) is 3.08. The maximum Gasteiger partial charge on any atom is 0.245 e. The lowest BCUT2D eigenvalue weighted by Crippen LogP contribution is -2.19. The molecule has 0 saturated heterocycles. The summed E-state index contributed by atoms with van der Waals surface area (Å²) in [6, 6.07) is 0. The van der Waals surface area contributed by atoms with Crippen molar-refractivity contribution in [2.24, 2.45) is 0 Å². The lowest BCUT2D eigenvalue weighted by Gasteiger charge is -2.04. The highest BCUT2D eigenvalue weighted by atomic mass is 16.2. The maximum atomic E-state index is 10.9. The molecular weight excluding hydrogens is 140 g/mol. The Kier molecular flexibility index (Phi) is 5.47. The Balaban J connectivity index is 3.49. The van der Waals surface area contributed by atoms with Gasteiger partial charge in [-0.25, -0.2) is 0 Å². The van der Waals surface area contributed by atoms with Crippen molar-refractivity contribution in [1.82, 2.24) is 10.2 Å². The van der Waals surface area contributed by atoms with Gasteiger partial charge in [-0.3, -0.25) is 4.79 Å². The second-order valence-corrected chi connectivity index (χ2v) is 2.44. The van der Waals surface area contributed by atoms with Gasteiger partial charge in [0.15, 0.2) is 0 Å². The van der Waals surface area contributed by atoms with E-state index in [9.17, 15) is 4.79 Å². The Bertz CT molecular complexity index is 141. The lowest BCUT2D eigenvalue weighted by atomic mass is 10.4. The van der Waals surface area contributed by atoms with Crippen LogP contribution in [-0.4, -0.2) is 38.0 Å². The predicted octanol–water partition coefficient (Wildman–Crippen LogP) is 0.240. The fourth-order valence-electron chi connectivity index (χ4n) is 0.536. The second-order valence-electron chi connectivity index (χ2n) is 2.44. The fourth-order valence-corrected chi connectivity index (χ4v) is 0.536. The number of likely N-dealkylation sites (N-methyl/N-ethyl adjacent to an activating group) is 2. The minimum atomic E-state index is 0.0305. The number of rotatable bonds is 4. The number of nitrogens with one attached hydrogen (secondary N) is 1. The smallest absolute Gasteiger partial charge is 0.245 e. The van der Waals surface area contributed by atoms with Gasteiger partial charge in [-0.1, -0.05) is 13.0 Å². The summed E-state index contributed by atoms with van der Waals surface area (Å²) in [5.74, 6) is 0.0305. The van der Waals surface area contributed by atoms with E-state index < -0.39 is 0 Å². The normalized spacial score (nSPS) is 10.5. The van der Waals surface area contributed by atoms with Crippen LogP contribution >= 0.6 is 0 Å². The van der Waals surface area contributed by atoms with Crippen LogP contribution in [-0.2, 0) is 4.79 Å². The molecule has 0 saturated carbocycles. The van der Waals surface area contributed by atoms with Gasteiger partial charge < -0.3 is 10.2 Å². The summed E-state index contributed by atoms with van der Waals surface area (Å²) in [6.45, 7) is 3.72. The van der Waals surface area contributed by atoms with Gasteiger partial charge in [0, 0.05) is 26.7 Å². The molecule has 0 fully saturated rings. The van der Waals surface area contributed by atoms with Crippen LogP contribution in [0.25, 0.3) is 0 Å². The number of amides is 1. The molecule has 0 spiro atoms. The molecule has 3 nitrogen and oxygen atoms in total. The standard InChI is InChI=1S/C8H16N2O/c1-4-9-7-5-6-8(11)10(2)3/h5-6,9H,4,7H2,1-3H3/b6-5+. The van der Waals surface area contributed by atoms with Crippen molar-refractivity contribution in [3.8, 4) is 0 Å². The molecule has 0 heterocycles. The first kappa shape index (κ1) is 10.2. The zero-order valence-electron chi connectivity index (χ0n) is 7.42. The molecule has 64 valence electrons. The van der Waals surface area contributed by atoms with E-state index in [1.165, 1.54) is 0 Å². The molecular formula is C8H16N2O. The van der Waals surface area contributed by atoms with Gasteiger partial charge in [0.1, 0.15) is 0 Å². The van der Waals surface area contributed by atoms with E-state index >= 15 is 0 Å². The Labute approximate surface area is 68.1 Å². The van der Waals surface area contributed by atoms with Gasteiger partial charge in [0.2, 0.25) is 5.91 Å². The molecule has 0 aromatic rings. The molecule has 0 rings (SSSR count). The van der Waals surface area contributed by atoms with Gasteiger partial charge in [-0.15, -0.1) is 0 Å². The van der Waals surface area contributed by atoms with E-state index in [0.717, 1.165) is 13.1 Å². The predicted molar refractivity (Wildman–Crippen MR) is 46.4 cm³/mol. The molecule has 0 radical (unpaired) electrons. The monoisotopic (exact) mass is 156 g/mol. The van der Waals surface area contributed by atoms with Crippen molar-refractivity contribution in [3.63, 3.8) is 0 Å². The summed E-state index contributed by atoms with van der Waals surface area (Å²) in [4.78, 5) is 12.5. The van der Waals surface area contributed by atoms with Crippen molar-refractivity contribution in [2.45, 2.75) is 6.92 Å². The second kappa shape index (κ2) is 5.92. The molecule has 1 N–H and O–H groups in total. The summed E-state index contributed by atoms with van der Waals surface area (Å²) in [6.07, 6.45) is 3.40. The van der Waals surface area contributed by atoms with Gasteiger partial charge in [0.05, 0.1) is 0 Å². The third-order valence-corrected chi connectivity index (χ3v) is 1.21.